The fraction of sp³-hybridized carbons (Fsp3) is 0.750. The van der Waals surface area contributed by atoms with Crippen molar-refractivity contribution in [2.75, 3.05) is 23.7 Å². The minimum Gasteiger partial charge on any atom is -0.368 e. The molecule has 2 aliphatic carbocycles. The summed E-state index contributed by atoms with van der Waals surface area (Å²) < 4.78 is 2.26. The molecular formula is C20H36Cl2N8. The number of unbranched alkanes of at least 4 members (excludes halogenated alkanes) is 1. The van der Waals surface area contributed by atoms with E-state index in [1.165, 1.54) is 25.7 Å². The zero-order valence-corrected chi connectivity index (χ0v) is 19.2. The summed E-state index contributed by atoms with van der Waals surface area (Å²) in [7, 11) is 0. The van der Waals surface area contributed by atoms with Crippen LogP contribution in [0, 0.1) is 0 Å². The highest BCUT2D eigenvalue weighted by molar-refractivity contribution is 5.86. The molecule has 6 N–H and O–H groups in total. The van der Waals surface area contributed by atoms with Crippen LogP contribution in [0.1, 0.15) is 70.3 Å². The molecule has 2 heterocycles. The number of rotatable bonds is 8. The average molecular weight is 459 g/mol. The largest absolute Gasteiger partial charge is 0.368 e. The summed E-state index contributed by atoms with van der Waals surface area (Å²) in [6.07, 6.45) is 13.2. The van der Waals surface area contributed by atoms with Crippen molar-refractivity contribution in [1.29, 1.82) is 0 Å². The van der Waals surface area contributed by atoms with Crippen LogP contribution in [0.4, 0.5) is 11.8 Å². The predicted octanol–water partition coefficient (Wildman–Crippen LogP) is 3.62. The van der Waals surface area contributed by atoms with Crippen LogP contribution < -0.4 is 22.1 Å². The van der Waals surface area contributed by atoms with Gasteiger partial charge in [0.05, 0.1) is 6.33 Å². The molecule has 4 rings (SSSR count). The summed E-state index contributed by atoms with van der Waals surface area (Å²) in [6.45, 7) is 1.56. The summed E-state index contributed by atoms with van der Waals surface area (Å²) in [5.41, 5.74) is 13.5. The molecule has 2 aromatic rings. The summed E-state index contributed by atoms with van der Waals surface area (Å²) in [5, 5.41) is 7.03. The fourth-order valence-corrected chi connectivity index (χ4v) is 4.48. The zero-order chi connectivity index (χ0) is 19.3. The second-order valence-corrected chi connectivity index (χ2v) is 8.34. The molecule has 2 aromatic heterocycles. The normalized spacial score (nSPS) is 21.8. The van der Waals surface area contributed by atoms with Gasteiger partial charge in [-0.1, -0.05) is 12.8 Å². The molecule has 10 heteroatoms. The first-order valence-electron chi connectivity index (χ1n) is 10.9. The summed E-state index contributed by atoms with van der Waals surface area (Å²) in [4.78, 5) is 14.3. The molecule has 2 aliphatic rings. The van der Waals surface area contributed by atoms with Gasteiger partial charge in [-0.05, 0) is 57.9 Å². The smallest absolute Gasteiger partial charge is 0.227 e. The predicted molar refractivity (Wildman–Crippen MR) is 128 cm³/mol. The highest BCUT2D eigenvalue weighted by Crippen LogP contribution is 2.33. The molecule has 0 aliphatic heterocycles. The van der Waals surface area contributed by atoms with Crippen molar-refractivity contribution in [2.45, 2.75) is 82.3 Å². The summed E-state index contributed by atoms with van der Waals surface area (Å²) >= 11 is 0. The minimum absolute atomic E-state index is 0. The molecule has 0 atom stereocenters. The van der Waals surface area contributed by atoms with E-state index in [4.69, 9.17) is 21.4 Å². The quantitative estimate of drug-likeness (QED) is 0.445. The van der Waals surface area contributed by atoms with Gasteiger partial charge in [0, 0.05) is 24.7 Å². The molecule has 170 valence electrons. The van der Waals surface area contributed by atoms with Gasteiger partial charge in [0.25, 0.3) is 0 Å². The van der Waals surface area contributed by atoms with Crippen LogP contribution in [0.25, 0.3) is 11.2 Å². The Hall–Kier alpha value is -1.35. The molecule has 30 heavy (non-hydrogen) atoms. The Labute approximate surface area is 191 Å². The Bertz CT molecular complexity index is 769. The molecule has 0 unspecified atom stereocenters. The molecule has 8 nitrogen and oxygen atoms in total. The second kappa shape index (κ2) is 11.9. The summed E-state index contributed by atoms with van der Waals surface area (Å²) in [5.74, 6) is 1.53. The first-order valence-corrected chi connectivity index (χ1v) is 10.9. The van der Waals surface area contributed by atoms with Crippen LogP contribution in [0.15, 0.2) is 6.33 Å². The zero-order valence-electron chi connectivity index (χ0n) is 17.6. The lowest BCUT2D eigenvalue weighted by molar-refractivity contribution is 0.410. The lowest BCUT2D eigenvalue weighted by Crippen LogP contribution is -2.33. The van der Waals surface area contributed by atoms with E-state index in [1.54, 1.807) is 0 Å². The molecule has 2 fully saturated rings. The molecule has 0 amide bonds. The van der Waals surface area contributed by atoms with Crippen LogP contribution in [0.3, 0.4) is 0 Å². The van der Waals surface area contributed by atoms with Gasteiger partial charge >= 0.3 is 0 Å². The molecule has 2 saturated carbocycles. The molecule has 0 spiro atoms. The maximum absolute atomic E-state index is 6.05. The standard InChI is InChI=1S/C20H34N8.2ClH/c21-11-3-4-12-23-18-17-19(28(13-24-17)16-5-1-2-6-16)27-20(26-18)25-15-9-7-14(22)8-10-15;;/h13-16H,1-12,21-22H2,(H2,23,25,26,27);2*1H/t14-,15-;;. The van der Waals surface area contributed by atoms with E-state index in [2.05, 4.69) is 20.2 Å². The van der Waals surface area contributed by atoms with E-state index in [-0.39, 0.29) is 24.8 Å². The van der Waals surface area contributed by atoms with Crippen molar-refractivity contribution in [3.8, 4) is 0 Å². The van der Waals surface area contributed by atoms with Crippen molar-refractivity contribution >= 4 is 47.7 Å². The Morgan fingerprint density at radius 2 is 1.73 bits per heavy atom. The van der Waals surface area contributed by atoms with Crippen LogP contribution in [-0.4, -0.2) is 44.7 Å². The number of fused-ring (bicyclic) bond motifs is 1. The van der Waals surface area contributed by atoms with Gasteiger partial charge in [-0.3, -0.25) is 0 Å². The third kappa shape index (κ3) is 5.87. The summed E-state index contributed by atoms with van der Waals surface area (Å²) in [6, 6.07) is 1.24. The lowest BCUT2D eigenvalue weighted by Gasteiger charge is -2.27. The highest BCUT2D eigenvalue weighted by Gasteiger charge is 2.23. The van der Waals surface area contributed by atoms with E-state index >= 15 is 0 Å². The van der Waals surface area contributed by atoms with Gasteiger partial charge in [0.15, 0.2) is 17.0 Å². The monoisotopic (exact) mass is 458 g/mol. The molecule has 0 saturated heterocycles. The van der Waals surface area contributed by atoms with Crippen LogP contribution in [0.5, 0.6) is 0 Å². The van der Waals surface area contributed by atoms with E-state index in [1.807, 2.05) is 6.33 Å². The van der Waals surface area contributed by atoms with Gasteiger partial charge in [0.1, 0.15) is 0 Å². The van der Waals surface area contributed by atoms with Gasteiger partial charge in [0.2, 0.25) is 5.95 Å². The minimum atomic E-state index is 0. The van der Waals surface area contributed by atoms with Crippen LogP contribution in [0.2, 0.25) is 0 Å². The Morgan fingerprint density at radius 1 is 1.00 bits per heavy atom. The molecule has 0 bridgehead atoms. The number of halogens is 2. The number of hydrogen-bond donors (Lipinski definition) is 4. The molecular weight excluding hydrogens is 423 g/mol. The first-order chi connectivity index (χ1) is 13.7. The number of nitrogens with two attached hydrogens (primary N) is 2. The lowest BCUT2D eigenvalue weighted by atomic mass is 9.92. The van der Waals surface area contributed by atoms with Crippen LogP contribution in [-0.2, 0) is 0 Å². The van der Waals surface area contributed by atoms with Crippen molar-refractivity contribution in [3.05, 3.63) is 6.33 Å². The Balaban J connectivity index is 0.00000160. The Kier molecular flexibility index (Phi) is 9.87. The van der Waals surface area contributed by atoms with E-state index < -0.39 is 0 Å². The van der Waals surface area contributed by atoms with Gasteiger partial charge in [-0.15, -0.1) is 24.8 Å². The highest BCUT2D eigenvalue weighted by atomic mass is 35.5. The third-order valence-electron chi connectivity index (χ3n) is 6.17. The number of aromatic nitrogens is 4. The number of nitrogens with zero attached hydrogens (tertiary/aromatic N) is 4. The average Bonchev–Trinajstić information content (AvgIpc) is 3.36. The van der Waals surface area contributed by atoms with Gasteiger partial charge in [-0.25, -0.2) is 4.98 Å². The van der Waals surface area contributed by atoms with Gasteiger partial charge < -0.3 is 26.7 Å². The number of hydrogen-bond acceptors (Lipinski definition) is 7. The topological polar surface area (TPSA) is 120 Å². The Morgan fingerprint density at radius 3 is 2.43 bits per heavy atom. The van der Waals surface area contributed by atoms with Crippen molar-refractivity contribution in [2.24, 2.45) is 11.5 Å². The first kappa shape index (κ1) is 24.9. The van der Waals surface area contributed by atoms with Gasteiger partial charge in [-0.2, -0.15) is 9.97 Å². The van der Waals surface area contributed by atoms with Crippen molar-refractivity contribution in [1.82, 2.24) is 19.5 Å². The maximum Gasteiger partial charge on any atom is 0.227 e. The van der Waals surface area contributed by atoms with Crippen LogP contribution >= 0.6 is 24.8 Å². The van der Waals surface area contributed by atoms with E-state index in [9.17, 15) is 0 Å². The second-order valence-electron chi connectivity index (χ2n) is 8.34. The number of imidazole rings is 1. The maximum atomic E-state index is 6.05. The number of nitrogens with one attached hydrogen (secondary N) is 2. The fourth-order valence-electron chi connectivity index (χ4n) is 4.48. The number of anilines is 2. The van der Waals surface area contributed by atoms with Crippen molar-refractivity contribution in [3.63, 3.8) is 0 Å². The molecule has 0 aromatic carbocycles. The third-order valence-corrected chi connectivity index (χ3v) is 6.17. The molecule has 0 radical (unpaired) electrons. The van der Waals surface area contributed by atoms with E-state index in [0.717, 1.165) is 62.1 Å². The van der Waals surface area contributed by atoms with E-state index in [0.29, 0.717) is 30.6 Å². The SMILES string of the molecule is Cl.Cl.NCCCCNc1nc(N[C@H]2CC[C@H](N)CC2)nc2c1ncn2C1CCCC1. The van der Waals surface area contributed by atoms with Crippen molar-refractivity contribution < 1.29 is 0 Å².